The van der Waals surface area contributed by atoms with Crippen LogP contribution < -0.4 is 4.90 Å². The number of likely N-dealkylation sites (N-methyl/N-ethyl adjacent to an activating group) is 2. The van der Waals surface area contributed by atoms with E-state index in [2.05, 4.69) is 9.98 Å². The number of hydrogen-bond acceptors (Lipinski definition) is 6. The zero-order chi connectivity index (χ0) is 25.2. The molecule has 1 aromatic rings. The van der Waals surface area contributed by atoms with Crippen LogP contribution in [0.15, 0.2) is 52.1 Å². The predicted octanol–water partition coefficient (Wildman–Crippen LogP) is 4.60. The Hall–Kier alpha value is -2.94. The van der Waals surface area contributed by atoms with Gasteiger partial charge in [-0.25, -0.2) is 13.8 Å². The van der Waals surface area contributed by atoms with Crippen LogP contribution in [0.5, 0.6) is 0 Å². The summed E-state index contributed by atoms with van der Waals surface area (Å²) in [4.78, 5) is 27.6. The van der Waals surface area contributed by atoms with Gasteiger partial charge in [-0.05, 0) is 44.2 Å². The van der Waals surface area contributed by atoms with Gasteiger partial charge >= 0.3 is 0 Å². The molecule has 3 aliphatic heterocycles. The first-order valence-electron chi connectivity index (χ1n) is 11.8. The molecule has 1 fully saturated rings. The number of anilines is 1. The number of nitrogens with zero attached hydrogens (tertiary/aromatic N) is 5. The van der Waals surface area contributed by atoms with Gasteiger partial charge in [0, 0.05) is 74.6 Å². The van der Waals surface area contributed by atoms with E-state index in [0.29, 0.717) is 47.8 Å². The van der Waals surface area contributed by atoms with E-state index in [1.54, 1.807) is 30.1 Å². The van der Waals surface area contributed by atoms with E-state index in [9.17, 15) is 13.6 Å². The Balaban J connectivity index is 1.40. The number of halogens is 3. The topological polar surface area (TPSA) is 60.7 Å². The number of carbonyl (C=O) groups excluding carboxylic acids is 1. The Labute approximate surface area is 209 Å². The van der Waals surface area contributed by atoms with E-state index in [4.69, 9.17) is 16.3 Å². The molecule has 0 spiro atoms. The van der Waals surface area contributed by atoms with Crippen LogP contribution in [0.4, 0.5) is 14.5 Å². The minimum Gasteiger partial charge on any atom is -0.449 e. The molecule has 1 saturated heterocycles. The first-order chi connectivity index (χ1) is 16.6. The summed E-state index contributed by atoms with van der Waals surface area (Å²) in [5.41, 5.74) is 1.97. The molecule has 1 atom stereocenters. The van der Waals surface area contributed by atoms with Crippen LogP contribution in [0.25, 0.3) is 0 Å². The summed E-state index contributed by atoms with van der Waals surface area (Å²) >= 11 is 6.29. The highest BCUT2D eigenvalue weighted by atomic mass is 35.5. The summed E-state index contributed by atoms with van der Waals surface area (Å²) in [6.07, 6.45) is 5.00. The van der Waals surface area contributed by atoms with Crippen LogP contribution >= 0.6 is 11.6 Å². The van der Waals surface area contributed by atoms with Crippen molar-refractivity contribution in [1.29, 1.82) is 0 Å². The average molecular weight is 506 g/mol. The SMILES string of the molecule is CCN(CCN(C)C(=O)c1cc(Cl)cc(N2CCC(F)(F)CC2)c1)C1=NC2=NC(C)=CC=CC2O1. The summed E-state index contributed by atoms with van der Waals surface area (Å²) in [5.74, 6) is -2.21. The molecule has 0 aliphatic carbocycles. The van der Waals surface area contributed by atoms with Crippen LogP contribution in [0, 0.1) is 0 Å². The molecule has 1 unspecified atom stereocenters. The molecule has 0 bridgehead atoms. The summed E-state index contributed by atoms with van der Waals surface area (Å²) in [7, 11) is 1.72. The molecule has 0 saturated carbocycles. The van der Waals surface area contributed by atoms with Gasteiger partial charge in [0.05, 0.1) is 0 Å². The van der Waals surface area contributed by atoms with E-state index in [0.717, 1.165) is 5.70 Å². The lowest BCUT2D eigenvalue weighted by Crippen LogP contribution is -2.40. The number of hydrogen-bond donors (Lipinski definition) is 0. The zero-order valence-electron chi connectivity index (χ0n) is 20.2. The first kappa shape index (κ1) is 25.2. The molecule has 0 N–H and O–H groups in total. The van der Waals surface area contributed by atoms with E-state index in [1.165, 1.54) is 0 Å². The Morgan fingerprint density at radius 1 is 1.23 bits per heavy atom. The Kier molecular flexibility index (Phi) is 7.44. The van der Waals surface area contributed by atoms with Crippen molar-refractivity contribution in [3.05, 3.63) is 52.7 Å². The van der Waals surface area contributed by atoms with E-state index < -0.39 is 5.92 Å². The molecule has 1 amide bonds. The molecule has 3 aliphatic rings. The van der Waals surface area contributed by atoms with Crippen molar-refractivity contribution in [3.8, 4) is 0 Å². The largest absolute Gasteiger partial charge is 0.449 e. The maximum absolute atomic E-state index is 13.6. The van der Waals surface area contributed by atoms with Crippen molar-refractivity contribution in [2.45, 2.75) is 38.7 Å². The van der Waals surface area contributed by atoms with E-state index in [1.807, 2.05) is 41.9 Å². The second kappa shape index (κ2) is 10.4. The monoisotopic (exact) mass is 505 g/mol. The molecule has 0 aromatic heterocycles. The molecule has 3 heterocycles. The number of piperidine rings is 1. The fourth-order valence-electron chi connectivity index (χ4n) is 4.18. The number of carbonyl (C=O) groups is 1. The second-order valence-corrected chi connectivity index (χ2v) is 9.38. The van der Waals surface area contributed by atoms with Crippen molar-refractivity contribution in [1.82, 2.24) is 9.80 Å². The minimum absolute atomic E-state index is 0.195. The van der Waals surface area contributed by atoms with Gasteiger partial charge in [-0.15, -0.1) is 0 Å². The third-order valence-corrected chi connectivity index (χ3v) is 6.52. The average Bonchev–Trinajstić information content (AvgIpc) is 3.11. The van der Waals surface area contributed by atoms with Gasteiger partial charge in [0.2, 0.25) is 0 Å². The minimum atomic E-state index is -2.64. The highest BCUT2D eigenvalue weighted by molar-refractivity contribution is 6.31. The third-order valence-electron chi connectivity index (χ3n) is 6.31. The fourth-order valence-corrected chi connectivity index (χ4v) is 4.41. The summed E-state index contributed by atoms with van der Waals surface area (Å²) in [6, 6.07) is 5.54. The van der Waals surface area contributed by atoms with E-state index in [-0.39, 0.29) is 37.9 Å². The number of aliphatic imine (C=N–C) groups is 2. The maximum atomic E-state index is 13.6. The zero-order valence-corrected chi connectivity index (χ0v) is 20.9. The molecule has 35 heavy (non-hydrogen) atoms. The quantitative estimate of drug-likeness (QED) is 0.567. The number of rotatable bonds is 6. The number of allylic oxidation sites excluding steroid dienone is 3. The maximum Gasteiger partial charge on any atom is 0.295 e. The van der Waals surface area contributed by atoms with Crippen molar-refractivity contribution >= 4 is 35.1 Å². The fraction of sp³-hybridized carbons (Fsp3) is 0.480. The number of fused-ring (bicyclic) bond motifs is 1. The predicted molar refractivity (Wildman–Crippen MR) is 135 cm³/mol. The number of benzene rings is 1. The molecule has 1 aromatic carbocycles. The van der Waals surface area contributed by atoms with Crippen molar-refractivity contribution < 1.29 is 18.3 Å². The highest BCUT2D eigenvalue weighted by Crippen LogP contribution is 2.32. The standard InChI is InChI=1S/C25H30ClF2N5O2/c1-4-32(24-30-22-21(35-24)7-5-6-17(2)29-22)13-12-31(3)23(34)18-14-19(26)16-20(15-18)33-10-8-25(27,28)9-11-33/h5-7,14-16,21H,4,8-13H2,1-3H3. The van der Waals surface area contributed by atoms with Gasteiger partial charge in [-0.2, -0.15) is 4.99 Å². The highest BCUT2D eigenvalue weighted by Gasteiger charge is 2.34. The van der Waals surface area contributed by atoms with Gasteiger partial charge in [-0.1, -0.05) is 17.7 Å². The normalized spacial score (nSPS) is 20.8. The van der Waals surface area contributed by atoms with Gasteiger partial charge in [-0.3, -0.25) is 4.79 Å². The smallest absolute Gasteiger partial charge is 0.295 e. The van der Waals surface area contributed by atoms with Gasteiger partial charge in [0.1, 0.15) is 0 Å². The number of amides is 1. The Morgan fingerprint density at radius 2 is 1.97 bits per heavy atom. The molecule has 0 radical (unpaired) electrons. The molecule has 7 nitrogen and oxygen atoms in total. The summed E-state index contributed by atoms with van der Waals surface area (Å²) in [5, 5.41) is 0.400. The molecule has 10 heteroatoms. The molecular weight excluding hydrogens is 476 g/mol. The molecule has 4 rings (SSSR count). The number of alkyl halides is 2. The number of amidine groups is 2. The van der Waals surface area contributed by atoms with Gasteiger partial charge < -0.3 is 19.4 Å². The van der Waals surface area contributed by atoms with Crippen LogP contribution in [0.2, 0.25) is 5.02 Å². The van der Waals surface area contributed by atoms with Crippen LogP contribution in [0.3, 0.4) is 0 Å². The molecular formula is C25H30ClF2N5O2. The lowest BCUT2D eigenvalue weighted by molar-refractivity contribution is -0.0220. The lowest BCUT2D eigenvalue weighted by atomic mass is 10.1. The lowest BCUT2D eigenvalue weighted by Gasteiger charge is -2.33. The summed E-state index contributed by atoms with van der Waals surface area (Å²) in [6.45, 7) is 5.95. The van der Waals surface area contributed by atoms with Gasteiger partial charge in [0.25, 0.3) is 17.9 Å². The van der Waals surface area contributed by atoms with Crippen molar-refractivity contribution in [3.63, 3.8) is 0 Å². The Bertz CT molecular complexity index is 1090. The van der Waals surface area contributed by atoms with Gasteiger partial charge in [0.15, 0.2) is 11.9 Å². The van der Waals surface area contributed by atoms with E-state index >= 15 is 0 Å². The van der Waals surface area contributed by atoms with Crippen molar-refractivity contribution in [2.75, 3.05) is 44.7 Å². The van der Waals surface area contributed by atoms with Crippen molar-refractivity contribution in [2.24, 2.45) is 9.98 Å². The molecule has 188 valence electrons. The van der Waals surface area contributed by atoms with Crippen LogP contribution in [0.1, 0.15) is 37.0 Å². The second-order valence-electron chi connectivity index (χ2n) is 8.94. The van der Waals surface area contributed by atoms with Crippen LogP contribution in [-0.4, -0.2) is 79.4 Å². The first-order valence-corrected chi connectivity index (χ1v) is 12.2. The van der Waals surface area contributed by atoms with Crippen LogP contribution in [-0.2, 0) is 4.74 Å². The summed E-state index contributed by atoms with van der Waals surface area (Å²) < 4.78 is 33.1. The third kappa shape index (κ3) is 6.01. The number of ether oxygens (including phenoxy) is 1. The Morgan fingerprint density at radius 3 is 2.69 bits per heavy atom.